The summed E-state index contributed by atoms with van der Waals surface area (Å²) in [6.45, 7) is 3.74. The summed E-state index contributed by atoms with van der Waals surface area (Å²) < 4.78 is 28.1. The lowest BCUT2D eigenvalue weighted by Gasteiger charge is -2.11. The molecule has 0 saturated carbocycles. The Morgan fingerprint density at radius 3 is 2.28 bits per heavy atom. The van der Waals surface area contributed by atoms with Gasteiger partial charge in [0.25, 0.3) is 10.0 Å². The summed E-state index contributed by atoms with van der Waals surface area (Å²) in [5.74, 6) is 0. The molecule has 0 saturated heterocycles. The van der Waals surface area contributed by atoms with Crippen LogP contribution in [0, 0.1) is 13.8 Å². The SMILES string of the molecule is Cc1ccc(S(=O)(=O)Nc2ccc(-c3csc(-c4ccccc4)n3)cc2)c(C)c1. The van der Waals surface area contributed by atoms with E-state index in [1.165, 1.54) is 0 Å². The van der Waals surface area contributed by atoms with Gasteiger partial charge < -0.3 is 0 Å². The van der Waals surface area contributed by atoms with Gasteiger partial charge in [-0.05, 0) is 37.6 Å². The molecule has 0 aliphatic carbocycles. The molecule has 29 heavy (non-hydrogen) atoms. The molecule has 0 amide bonds. The van der Waals surface area contributed by atoms with Crippen LogP contribution >= 0.6 is 11.3 Å². The van der Waals surface area contributed by atoms with Crippen LogP contribution in [0.4, 0.5) is 5.69 Å². The van der Waals surface area contributed by atoms with Crippen LogP contribution in [0.2, 0.25) is 0 Å². The summed E-state index contributed by atoms with van der Waals surface area (Å²) in [5.41, 5.74) is 5.18. The van der Waals surface area contributed by atoms with E-state index < -0.39 is 10.0 Å². The molecule has 0 radical (unpaired) electrons. The first-order valence-corrected chi connectivity index (χ1v) is 11.5. The molecular weight excluding hydrogens is 400 g/mol. The summed E-state index contributed by atoms with van der Waals surface area (Å²) in [6.07, 6.45) is 0. The van der Waals surface area contributed by atoms with Crippen LogP contribution in [0.3, 0.4) is 0 Å². The first kappa shape index (κ1) is 19.4. The van der Waals surface area contributed by atoms with E-state index in [2.05, 4.69) is 4.72 Å². The van der Waals surface area contributed by atoms with Gasteiger partial charge >= 0.3 is 0 Å². The molecule has 0 spiro atoms. The van der Waals surface area contributed by atoms with E-state index >= 15 is 0 Å². The van der Waals surface area contributed by atoms with Crippen LogP contribution in [0.5, 0.6) is 0 Å². The molecule has 0 aliphatic heterocycles. The molecule has 1 N–H and O–H groups in total. The fraction of sp³-hybridized carbons (Fsp3) is 0.0870. The average Bonchev–Trinajstić information content (AvgIpc) is 3.19. The Morgan fingerprint density at radius 1 is 0.862 bits per heavy atom. The van der Waals surface area contributed by atoms with Gasteiger partial charge in [-0.1, -0.05) is 60.2 Å². The molecule has 1 aromatic heterocycles. The minimum Gasteiger partial charge on any atom is -0.280 e. The van der Waals surface area contributed by atoms with Gasteiger partial charge in [0.2, 0.25) is 0 Å². The number of anilines is 1. The highest BCUT2D eigenvalue weighted by Gasteiger charge is 2.17. The lowest BCUT2D eigenvalue weighted by Crippen LogP contribution is -2.14. The van der Waals surface area contributed by atoms with Crippen molar-refractivity contribution in [2.24, 2.45) is 0 Å². The van der Waals surface area contributed by atoms with Crippen LogP contribution in [0.25, 0.3) is 21.8 Å². The molecule has 0 bridgehead atoms. The van der Waals surface area contributed by atoms with Crippen molar-refractivity contribution in [1.82, 2.24) is 4.98 Å². The summed E-state index contributed by atoms with van der Waals surface area (Å²) in [5, 5.41) is 2.97. The quantitative estimate of drug-likeness (QED) is 0.438. The molecule has 4 nitrogen and oxygen atoms in total. The van der Waals surface area contributed by atoms with Gasteiger partial charge in [-0.15, -0.1) is 11.3 Å². The maximum absolute atomic E-state index is 12.7. The van der Waals surface area contributed by atoms with Crippen molar-refractivity contribution >= 4 is 27.0 Å². The van der Waals surface area contributed by atoms with Crippen molar-refractivity contribution in [3.05, 3.63) is 89.3 Å². The van der Waals surface area contributed by atoms with Gasteiger partial charge in [0, 0.05) is 22.2 Å². The number of thiazole rings is 1. The van der Waals surface area contributed by atoms with E-state index in [1.54, 1.807) is 42.5 Å². The number of nitrogens with one attached hydrogen (secondary N) is 1. The number of benzene rings is 3. The number of hydrogen-bond donors (Lipinski definition) is 1. The van der Waals surface area contributed by atoms with Crippen LogP contribution in [0.1, 0.15) is 11.1 Å². The maximum atomic E-state index is 12.7. The summed E-state index contributed by atoms with van der Waals surface area (Å²) in [6, 6.07) is 22.6. The first-order chi connectivity index (χ1) is 13.9. The second-order valence-corrected chi connectivity index (χ2v) is 9.36. The number of nitrogens with zero attached hydrogens (tertiary/aromatic N) is 1. The fourth-order valence-corrected chi connectivity index (χ4v) is 5.26. The predicted octanol–water partition coefficient (Wildman–Crippen LogP) is 5.89. The number of sulfonamides is 1. The van der Waals surface area contributed by atoms with Crippen molar-refractivity contribution < 1.29 is 8.42 Å². The van der Waals surface area contributed by atoms with Crippen molar-refractivity contribution in [2.45, 2.75) is 18.7 Å². The molecule has 4 rings (SSSR count). The zero-order valence-electron chi connectivity index (χ0n) is 16.1. The topological polar surface area (TPSA) is 59.1 Å². The molecule has 1 heterocycles. The first-order valence-electron chi connectivity index (χ1n) is 9.14. The van der Waals surface area contributed by atoms with Crippen LogP contribution in [-0.2, 0) is 10.0 Å². The lowest BCUT2D eigenvalue weighted by atomic mass is 10.1. The number of aromatic nitrogens is 1. The number of rotatable bonds is 5. The Balaban J connectivity index is 1.55. The Morgan fingerprint density at radius 2 is 1.59 bits per heavy atom. The average molecular weight is 421 g/mol. The standard InChI is InChI=1S/C23H20N2O2S2/c1-16-8-13-22(17(2)14-16)29(26,27)25-20-11-9-18(10-12-20)21-15-28-23(24-21)19-6-4-3-5-7-19/h3-15,25H,1-2H3. The fourth-order valence-electron chi connectivity index (χ4n) is 3.14. The highest BCUT2D eigenvalue weighted by Crippen LogP contribution is 2.29. The Kier molecular flexibility index (Phi) is 5.22. The van der Waals surface area contributed by atoms with Gasteiger partial charge in [0.1, 0.15) is 5.01 Å². The Hall–Kier alpha value is -2.96. The minimum absolute atomic E-state index is 0.291. The van der Waals surface area contributed by atoms with Crippen molar-refractivity contribution in [3.63, 3.8) is 0 Å². The summed E-state index contributed by atoms with van der Waals surface area (Å²) in [4.78, 5) is 4.99. The Bertz CT molecular complexity index is 1250. The van der Waals surface area contributed by atoms with Gasteiger partial charge in [0.05, 0.1) is 10.6 Å². The molecule has 6 heteroatoms. The minimum atomic E-state index is -3.63. The molecule has 0 atom stereocenters. The molecule has 4 aromatic rings. The second-order valence-electron chi connectivity index (χ2n) is 6.86. The third kappa shape index (κ3) is 4.23. The van der Waals surface area contributed by atoms with Crippen molar-refractivity contribution in [3.8, 4) is 21.8 Å². The zero-order chi connectivity index (χ0) is 20.4. The molecule has 0 fully saturated rings. The van der Waals surface area contributed by atoms with Gasteiger partial charge in [-0.3, -0.25) is 4.72 Å². The monoisotopic (exact) mass is 420 g/mol. The van der Waals surface area contributed by atoms with E-state index in [0.29, 0.717) is 10.6 Å². The highest BCUT2D eigenvalue weighted by molar-refractivity contribution is 7.92. The van der Waals surface area contributed by atoms with Crippen LogP contribution < -0.4 is 4.72 Å². The summed E-state index contributed by atoms with van der Waals surface area (Å²) >= 11 is 1.59. The number of aryl methyl sites for hydroxylation is 2. The van der Waals surface area contributed by atoms with E-state index in [1.807, 2.05) is 60.8 Å². The van der Waals surface area contributed by atoms with E-state index in [9.17, 15) is 8.42 Å². The molecular formula is C23H20N2O2S2. The third-order valence-corrected chi connectivity index (χ3v) is 7.01. The van der Waals surface area contributed by atoms with Crippen LogP contribution in [-0.4, -0.2) is 13.4 Å². The molecule has 3 aromatic carbocycles. The van der Waals surface area contributed by atoms with Gasteiger partial charge in [-0.25, -0.2) is 13.4 Å². The summed E-state index contributed by atoms with van der Waals surface area (Å²) in [7, 11) is -3.63. The van der Waals surface area contributed by atoms with Crippen LogP contribution in [0.15, 0.2) is 83.1 Å². The third-order valence-electron chi connectivity index (χ3n) is 4.58. The van der Waals surface area contributed by atoms with Gasteiger partial charge in [0.15, 0.2) is 0 Å². The van der Waals surface area contributed by atoms with E-state index in [0.717, 1.165) is 33.0 Å². The Labute approximate surface area is 175 Å². The number of hydrogen-bond acceptors (Lipinski definition) is 4. The maximum Gasteiger partial charge on any atom is 0.262 e. The zero-order valence-corrected chi connectivity index (χ0v) is 17.7. The van der Waals surface area contributed by atoms with Gasteiger partial charge in [-0.2, -0.15) is 0 Å². The molecule has 0 unspecified atom stereocenters. The van der Waals surface area contributed by atoms with E-state index in [-0.39, 0.29) is 0 Å². The van der Waals surface area contributed by atoms with Crippen molar-refractivity contribution in [1.29, 1.82) is 0 Å². The lowest BCUT2D eigenvalue weighted by molar-refractivity contribution is 0.600. The molecule has 146 valence electrons. The highest BCUT2D eigenvalue weighted by atomic mass is 32.2. The largest absolute Gasteiger partial charge is 0.280 e. The predicted molar refractivity (Wildman–Crippen MR) is 120 cm³/mol. The molecule has 0 aliphatic rings. The smallest absolute Gasteiger partial charge is 0.262 e. The second kappa shape index (κ2) is 7.81. The van der Waals surface area contributed by atoms with Crippen molar-refractivity contribution in [2.75, 3.05) is 4.72 Å². The normalized spacial score (nSPS) is 11.4. The van der Waals surface area contributed by atoms with E-state index in [4.69, 9.17) is 4.98 Å².